The lowest BCUT2D eigenvalue weighted by Gasteiger charge is -2.26. The molecule has 0 aromatic heterocycles. The van der Waals surface area contributed by atoms with Crippen molar-refractivity contribution < 1.29 is 9.50 Å². The van der Waals surface area contributed by atoms with Crippen molar-refractivity contribution in [1.82, 2.24) is 5.32 Å². The minimum Gasteiger partial charge on any atom is -0.396 e. The first-order valence-corrected chi connectivity index (χ1v) is 7.15. The largest absolute Gasteiger partial charge is 0.396 e. The van der Waals surface area contributed by atoms with Crippen molar-refractivity contribution in [3.63, 3.8) is 0 Å². The standard InChI is InChI=1S/C16H26FNO/c1-12(2)16(10-11-19)18-13(3)8-9-14-6-4-5-7-15(14)17/h4-7,12-13,16,18-19H,8-11H2,1-3H3. The maximum atomic E-state index is 13.5. The number of nitrogens with one attached hydrogen (secondary N) is 1. The summed E-state index contributed by atoms with van der Waals surface area (Å²) in [6.45, 7) is 6.62. The molecule has 1 aromatic rings. The van der Waals surface area contributed by atoms with Gasteiger partial charge in [-0.3, -0.25) is 0 Å². The van der Waals surface area contributed by atoms with E-state index < -0.39 is 0 Å². The van der Waals surface area contributed by atoms with Crippen LogP contribution in [0.15, 0.2) is 24.3 Å². The number of aliphatic hydroxyl groups excluding tert-OH is 1. The van der Waals surface area contributed by atoms with Gasteiger partial charge >= 0.3 is 0 Å². The molecule has 19 heavy (non-hydrogen) atoms. The van der Waals surface area contributed by atoms with Crippen LogP contribution in [0.2, 0.25) is 0 Å². The molecular weight excluding hydrogens is 241 g/mol. The lowest BCUT2D eigenvalue weighted by molar-refractivity contribution is 0.235. The van der Waals surface area contributed by atoms with E-state index in [4.69, 9.17) is 5.11 Å². The van der Waals surface area contributed by atoms with Gasteiger partial charge in [0.1, 0.15) is 5.82 Å². The fourth-order valence-corrected chi connectivity index (χ4v) is 2.27. The molecule has 0 spiro atoms. The Morgan fingerprint density at radius 1 is 1.16 bits per heavy atom. The minimum atomic E-state index is -0.120. The second kappa shape index (κ2) is 8.28. The fourth-order valence-electron chi connectivity index (χ4n) is 2.27. The molecule has 0 saturated heterocycles. The molecule has 0 bridgehead atoms. The van der Waals surface area contributed by atoms with Gasteiger partial charge in [-0.2, -0.15) is 0 Å². The Kier molecular flexibility index (Phi) is 7.03. The van der Waals surface area contributed by atoms with Crippen LogP contribution in [0.25, 0.3) is 0 Å². The Hall–Kier alpha value is -0.930. The van der Waals surface area contributed by atoms with Crippen molar-refractivity contribution >= 4 is 0 Å². The summed E-state index contributed by atoms with van der Waals surface area (Å²) in [5.41, 5.74) is 0.777. The van der Waals surface area contributed by atoms with E-state index in [2.05, 4.69) is 26.1 Å². The summed E-state index contributed by atoms with van der Waals surface area (Å²) in [6.07, 6.45) is 2.40. The summed E-state index contributed by atoms with van der Waals surface area (Å²) in [5.74, 6) is 0.369. The molecule has 2 unspecified atom stereocenters. The Morgan fingerprint density at radius 3 is 2.42 bits per heavy atom. The fraction of sp³-hybridized carbons (Fsp3) is 0.625. The number of hydrogen-bond donors (Lipinski definition) is 2. The number of aliphatic hydroxyl groups is 1. The van der Waals surface area contributed by atoms with Crippen molar-refractivity contribution in [2.24, 2.45) is 5.92 Å². The zero-order valence-electron chi connectivity index (χ0n) is 12.2. The predicted octanol–water partition coefficient (Wildman–Crippen LogP) is 3.14. The molecule has 0 fully saturated rings. The van der Waals surface area contributed by atoms with Crippen molar-refractivity contribution in [2.45, 2.75) is 52.1 Å². The summed E-state index contributed by atoms with van der Waals surface area (Å²) in [5, 5.41) is 12.6. The van der Waals surface area contributed by atoms with Gasteiger partial charge in [-0.15, -0.1) is 0 Å². The van der Waals surface area contributed by atoms with E-state index in [1.807, 2.05) is 12.1 Å². The molecule has 0 aliphatic rings. The van der Waals surface area contributed by atoms with Gasteiger partial charge in [-0.1, -0.05) is 32.0 Å². The number of hydrogen-bond acceptors (Lipinski definition) is 2. The van der Waals surface area contributed by atoms with Crippen LogP contribution >= 0.6 is 0 Å². The highest BCUT2D eigenvalue weighted by molar-refractivity contribution is 5.17. The van der Waals surface area contributed by atoms with Crippen molar-refractivity contribution in [1.29, 1.82) is 0 Å². The van der Waals surface area contributed by atoms with Gasteiger partial charge in [0.05, 0.1) is 0 Å². The monoisotopic (exact) mass is 267 g/mol. The van der Waals surface area contributed by atoms with Gasteiger partial charge in [0.2, 0.25) is 0 Å². The average molecular weight is 267 g/mol. The Balaban J connectivity index is 2.42. The lowest BCUT2D eigenvalue weighted by atomic mass is 9.98. The Labute approximate surface area is 116 Å². The minimum absolute atomic E-state index is 0.120. The number of aryl methyl sites for hydroxylation is 1. The quantitative estimate of drug-likeness (QED) is 0.758. The third kappa shape index (κ3) is 5.70. The van der Waals surface area contributed by atoms with E-state index in [1.54, 1.807) is 6.07 Å². The van der Waals surface area contributed by atoms with Crippen LogP contribution < -0.4 is 5.32 Å². The SMILES string of the molecule is CC(CCc1ccccc1F)NC(CCO)C(C)C. The molecule has 0 amide bonds. The van der Waals surface area contributed by atoms with Gasteiger partial charge in [-0.25, -0.2) is 4.39 Å². The molecule has 2 N–H and O–H groups in total. The van der Waals surface area contributed by atoms with Crippen molar-refractivity contribution in [3.8, 4) is 0 Å². The molecule has 1 aromatic carbocycles. The zero-order valence-corrected chi connectivity index (χ0v) is 12.2. The molecule has 0 aliphatic heterocycles. The van der Waals surface area contributed by atoms with Crippen LogP contribution in [-0.2, 0) is 6.42 Å². The van der Waals surface area contributed by atoms with Crippen LogP contribution in [0.5, 0.6) is 0 Å². The van der Waals surface area contributed by atoms with E-state index in [9.17, 15) is 4.39 Å². The lowest BCUT2D eigenvalue weighted by Crippen LogP contribution is -2.40. The number of benzene rings is 1. The molecule has 0 heterocycles. The Morgan fingerprint density at radius 2 is 1.84 bits per heavy atom. The van der Waals surface area contributed by atoms with E-state index in [-0.39, 0.29) is 12.4 Å². The molecule has 2 atom stereocenters. The van der Waals surface area contributed by atoms with Gasteiger partial charge in [0.15, 0.2) is 0 Å². The second-order valence-electron chi connectivity index (χ2n) is 5.56. The van der Waals surface area contributed by atoms with Gasteiger partial charge < -0.3 is 10.4 Å². The summed E-state index contributed by atoms with van der Waals surface area (Å²) in [7, 11) is 0. The van der Waals surface area contributed by atoms with E-state index >= 15 is 0 Å². The molecule has 0 aliphatic carbocycles. The number of halogens is 1. The molecule has 108 valence electrons. The summed E-state index contributed by atoms with van der Waals surface area (Å²) in [4.78, 5) is 0. The zero-order chi connectivity index (χ0) is 14.3. The highest BCUT2D eigenvalue weighted by Gasteiger charge is 2.15. The first kappa shape index (κ1) is 16.1. The predicted molar refractivity (Wildman–Crippen MR) is 77.6 cm³/mol. The normalized spacial score (nSPS) is 14.6. The van der Waals surface area contributed by atoms with Crippen LogP contribution in [0, 0.1) is 11.7 Å². The average Bonchev–Trinajstić information content (AvgIpc) is 2.37. The highest BCUT2D eigenvalue weighted by Crippen LogP contribution is 2.12. The molecule has 3 heteroatoms. The maximum absolute atomic E-state index is 13.5. The van der Waals surface area contributed by atoms with Crippen LogP contribution in [-0.4, -0.2) is 23.8 Å². The maximum Gasteiger partial charge on any atom is 0.126 e. The molecule has 2 nitrogen and oxygen atoms in total. The van der Waals surface area contributed by atoms with Crippen molar-refractivity contribution in [2.75, 3.05) is 6.61 Å². The van der Waals surface area contributed by atoms with E-state index in [0.29, 0.717) is 18.0 Å². The van der Waals surface area contributed by atoms with E-state index in [1.165, 1.54) is 6.07 Å². The topological polar surface area (TPSA) is 32.3 Å². The first-order valence-electron chi connectivity index (χ1n) is 7.15. The molecular formula is C16H26FNO. The van der Waals surface area contributed by atoms with Gasteiger partial charge in [0, 0.05) is 18.7 Å². The van der Waals surface area contributed by atoms with E-state index in [0.717, 1.165) is 24.8 Å². The molecule has 1 rings (SSSR count). The van der Waals surface area contributed by atoms with Gasteiger partial charge in [-0.05, 0) is 43.7 Å². The van der Waals surface area contributed by atoms with Crippen molar-refractivity contribution in [3.05, 3.63) is 35.6 Å². The third-order valence-corrected chi connectivity index (χ3v) is 3.55. The smallest absolute Gasteiger partial charge is 0.126 e. The third-order valence-electron chi connectivity index (χ3n) is 3.55. The first-order chi connectivity index (χ1) is 9.04. The highest BCUT2D eigenvalue weighted by atomic mass is 19.1. The second-order valence-corrected chi connectivity index (χ2v) is 5.56. The molecule has 0 saturated carbocycles. The summed E-state index contributed by atoms with van der Waals surface area (Å²) < 4.78 is 13.5. The number of rotatable bonds is 8. The van der Waals surface area contributed by atoms with Crippen LogP contribution in [0.3, 0.4) is 0 Å². The van der Waals surface area contributed by atoms with Crippen LogP contribution in [0.1, 0.15) is 39.2 Å². The van der Waals surface area contributed by atoms with Crippen LogP contribution in [0.4, 0.5) is 4.39 Å². The Bertz CT molecular complexity index is 368. The van der Waals surface area contributed by atoms with Gasteiger partial charge in [0.25, 0.3) is 0 Å². The summed E-state index contributed by atoms with van der Waals surface area (Å²) >= 11 is 0. The summed E-state index contributed by atoms with van der Waals surface area (Å²) in [6, 6.07) is 7.58. The molecule has 0 radical (unpaired) electrons.